The highest BCUT2D eigenvalue weighted by atomic mass is 16.5. The minimum absolute atomic E-state index is 0.0825. The monoisotopic (exact) mass is 408 g/mol. The molecule has 0 spiro atoms. The van der Waals surface area contributed by atoms with Gasteiger partial charge in [0.2, 0.25) is 11.8 Å². The molecule has 1 saturated heterocycles. The molecule has 1 atom stereocenters. The predicted molar refractivity (Wildman–Crippen MR) is 110 cm³/mol. The van der Waals surface area contributed by atoms with Gasteiger partial charge in [-0.25, -0.2) is 4.98 Å². The number of benzene rings is 1. The first-order chi connectivity index (χ1) is 14.6. The number of hydrogen-bond acceptors (Lipinski definition) is 9. The molecule has 0 amide bonds. The molecule has 30 heavy (non-hydrogen) atoms. The van der Waals surface area contributed by atoms with Gasteiger partial charge in [-0.2, -0.15) is 15.0 Å². The molecular formula is C21H24N6O3. The average Bonchev–Trinajstić information content (AvgIpc) is 3.24. The van der Waals surface area contributed by atoms with E-state index in [1.54, 1.807) is 0 Å². The van der Waals surface area contributed by atoms with Crippen molar-refractivity contribution < 1.29 is 14.2 Å². The highest BCUT2D eigenvalue weighted by Gasteiger charge is 2.32. The molecule has 4 rings (SSSR count). The number of aromatic nitrogens is 5. The van der Waals surface area contributed by atoms with Crippen LogP contribution in [0, 0.1) is 13.8 Å². The second-order valence-electron chi connectivity index (χ2n) is 7.03. The van der Waals surface area contributed by atoms with Crippen molar-refractivity contribution in [2.24, 2.45) is 0 Å². The lowest BCUT2D eigenvalue weighted by Crippen LogP contribution is -2.27. The number of anilines is 1. The quantitative estimate of drug-likeness (QED) is 0.608. The molecule has 156 valence electrons. The maximum atomic E-state index is 6.05. The summed E-state index contributed by atoms with van der Waals surface area (Å²) in [7, 11) is 3.03. The van der Waals surface area contributed by atoms with Crippen molar-refractivity contribution >= 4 is 5.95 Å². The molecule has 3 heterocycles. The third kappa shape index (κ3) is 4.10. The van der Waals surface area contributed by atoms with Crippen molar-refractivity contribution in [2.75, 3.05) is 25.7 Å². The Morgan fingerprint density at radius 2 is 1.67 bits per heavy atom. The standard InChI is InChI=1S/C21H24N6O3/c1-13-8-5-6-10-16(13)30-17-12-14(2)22-18(23-17)15-9-7-11-27(15)19-24-20(28-3)26-21(25-19)29-4/h5-6,8,10,12,15H,7,9,11H2,1-4H3. The Labute approximate surface area is 175 Å². The van der Waals surface area contributed by atoms with Crippen molar-refractivity contribution in [1.29, 1.82) is 0 Å². The highest BCUT2D eigenvalue weighted by molar-refractivity contribution is 5.39. The van der Waals surface area contributed by atoms with E-state index in [4.69, 9.17) is 19.2 Å². The highest BCUT2D eigenvalue weighted by Crippen LogP contribution is 2.35. The van der Waals surface area contributed by atoms with Crippen molar-refractivity contribution in [2.45, 2.75) is 32.7 Å². The number of nitrogens with zero attached hydrogens (tertiary/aromatic N) is 6. The molecule has 0 saturated carbocycles. The SMILES string of the molecule is COc1nc(OC)nc(N2CCCC2c2nc(C)cc(Oc3ccccc3C)n2)n1. The van der Waals surface area contributed by atoms with E-state index in [1.807, 2.05) is 44.2 Å². The maximum Gasteiger partial charge on any atom is 0.324 e. The van der Waals surface area contributed by atoms with Crippen LogP contribution in [0.15, 0.2) is 30.3 Å². The first-order valence-corrected chi connectivity index (χ1v) is 9.77. The second-order valence-corrected chi connectivity index (χ2v) is 7.03. The average molecular weight is 408 g/mol. The summed E-state index contributed by atoms with van der Waals surface area (Å²) in [5, 5.41) is 0. The van der Waals surface area contributed by atoms with E-state index in [2.05, 4.69) is 24.8 Å². The molecule has 3 aromatic rings. The second kappa shape index (κ2) is 8.48. The zero-order chi connectivity index (χ0) is 21.1. The molecule has 1 aliphatic heterocycles. The first kappa shape index (κ1) is 19.8. The smallest absolute Gasteiger partial charge is 0.324 e. The summed E-state index contributed by atoms with van der Waals surface area (Å²) >= 11 is 0. The van der Waals surface area contributed by atoms with Gasteiger partial charge in [-0.3, -0.25) is 0 Å². The summed E-state index contributed by atoms with van der Waals surface area (Å²) in [6.45, 7) is 4.71. The van der Waals surface area contributed by atoms with Gasteiger partial charge in [-0.05, 0) is 38.3 Å². The summed E-state index contributed by atoms with van der Waals surface area (Å²) in [4.78, 5) is 24.3. The van der Waals surface area contributed by atoms with Gasteiger partial charge in [0.1, 0.15) is 5.75 Å². The topological polar surface area (TPSA) is 95.4 Å². The Balaban J connectivity index is 1.66. The van der Waals surface area contributed by atoms with Crippen LogP contribution in [0.1, 0.15) is 36.0 Å². The number of methoxy groups -OCH3 is 2. The van der Waals surface area contributed by atoms with Gasteiger partial charge in [-0.15, -0.1) is 4.98 Å². The van der Waals surface area contributed by atoms with Crippen LogP contribution in [-0.4, -0.2) is 45.7 Å². The van der Waals surface area contributed by atoms with Crippen LogP contribution in [0.2, 0.25) is 0 Å². The number of ether oxygens (including phenoxy) is 3. The van der Waals surface area contributed by atoms with E-state index in [9.17, 15) is 0 Å². The third-order valence-corrected chi connectivity index (χ3v) is 4.91. The molecule has 1 fully saturated rings. The fraction of sp³-hybridized carbons (Fsp3) is 0.381. The van der Waals surface area contributed by atoms with Gasteiger partial charge < -0.3 is 19.1 Å². The maximum absolute atomic E-state index is 6.05. The van der Waals surface area contributed by atoms with Gasteiger partial charge in [0.25, 0.3) is 0 Å². The zero-order valence-electron chi connectivity index (χ0n) is 17.5. The number of hydrogen-bond donors (Lipinski definition) is 0. The minimum Gasteiger partial charge on any atom is -0.467 e. The van der Waals surface area contributed by atoms with Gasteiger partial charge >= 0.3 is 12.0 Å². The summed E-state index contributed by atoms with van der Waals surface area (Å²) in [6, 6.07) is 10.0. The van der Waals surface area contributed by atoms with Crippen LogP contribution >= 0.6 is 0 Å². The van der Waals surface area contributed by atoms with Crippen molar-refractivity contribution in [1.82, 2.24) is 24.9 Å². The van der Waals surface area contributed by atoms with Crippen LogP contribution < -0.4 is 19.1 Å². The lowest BCUT2D eigenvalue weighted by molar-refractivity contribution is 0.339. The summed E-state index contributed by atoms with van der Waals surface area (Å²) in [5.41, 5.74) is 1.88. The fourth-order valence-corrected chi connectivity index (χ4v) is 3.46. The summed E-state index contributed by atoms with van der Waals surface area (Å²) < 4.78 is 16.4. The van der Waals surface area contributed by atoms with Gasteiger partial charge in [0.15, 0.2) is 5.82 Å². The molecule has 9 nitrogen and oxygen atoms in total. The lowest BCUT2D eigenvalue weighted by atomic mass is 10.2. The van der Waals surface area contributed by atoms with Crippen LogP contribution in [0.4, 0.5) is 5.95 Å². The van der Waals surface area contributed by atoms with Crippen molar-refractivity contribution in [3.63, 3.8) is 0 Å². The Bertz CT molecular complexity index is 1020. The lowest BCUT2D eigenvalue weighted by Gasteiger charge is -2.24. The molecular weight excluding hydrogens is 384 g/mol. The molecule has 1 aliphatic rings. The fourth-order valence-electron chi connectivity index (χ4n) is 3.46. The molecule has 2 aromatic heterocycles. The van der Waals surface area contributed by atoms with Crippen molar-refractivity contribution in [3.8, 4) is 23.7 Å². The van der Waals surface area contributed by atoms with Gasteiger partial charge in [-0.1, -0.05) is 18.2 Å². The van der Waals surface area contributed by atoms with Crippen LogP contribution in [0.25, 0.3) is 0 Å². The minimum atomic E-state index is -0.0825. The number of rotatable bonds is 6. The van der Waals surface area contributed by atoms with Crippen LogP contribution in [0.5, 0.6) is 23.7 Å². The number of aryl methyl sites for hydroxylation is 2. The largest absolute Gasteiger partial charge is 0.467 e. The molecule has 9 heteroatoms. The predicted octanol–water partition coefficient (Wildman–Crippen LogP) is 3.43. The van der Waals surface area contributed by atoms with Crippen LogP contribution in [0.3, 0.4) is 0 Å². The van der Waals surface area contributed by atoms with E-state index in [1.165, 1.54) is 14.2 Å². The Kier molecular flexibility index (Phi) is 5.60. The van der Waals surface area contributed by atoms with E-state index in [0.29, 0.717) is 17.7 Å². The Morgan fingerprint density at radius 1 is 0.933 bits per heavy atom. The van der Waals surface area contributed by atoms with E-state index < -0.39 is 0 Å². The first-order valence-electron chi connectivity index (χ1n) is 9.77. The molecule has 1 aromatic carbocycles. The zero-order valence-corrected chi connectivity index (χ0v) is 17.5. The third-order valence-electron chi connectivity index (χ3n) is 4.91. The molecule has 0 aliphatic carbocycles. The normalized spacial score (nSPS) is 15.9. The van der Waals surface area contributed by atoms with Crippen LogP contribution in [-0.2, 0) is 0 Å². The van der Waals surface area contributed by atoms with Gasteiger partial charge in [0, 0.05) is 18.3 Å². The van der Waals surface area contributed by atoms with E-state index in [0.717, 1.165) is 36.4 Å². The molecule has 0 N–H and O–H groups in total. The Morgan fingerprint density at radius 3 is 2.37 bits per heavy atom. The van der Waals surface area contributed by atoms with Gasteiger partial charge in [0.05, 0.1) is 20.3 Å². The molecule has 1 unspecified atom stereocenters. The summed E-state index contributed by atoms with van der Waals surface area (Å²) in [6.07, 6.45) is 1.84. The van der Waals surface area contributed by atoms with Crippen molar-refractivity contribution in [3.05, 3.63) is 47.4 Å². The molecule has 0 radical (unpaired) electrons. The summed E-state index contributed by atoms with van der Waals surface area (Å²) in [5.74, 6) is 2.45. The molecule has 0 bridgehead atoms. The van der Waals surface area contributed by atoms with E-state index >= 15 is 0 Å². The van der Waals surface area contributed by atoms with E-state index in [-0.39, 0.29) is 18.1 Å². The Hall–Kier alpha value is -3.49. The number of para-hydroxylation sites is 1.